The fourth-order valence-electron chi connectivity index (χ4n) is 9.54. The Labute approximate surface area is 373 Å². The standard InChI is InChI=1S/C50H53ClF2N2O7Si/c1-48(2,3)61-47(57)55-27-17-24-40(55)50(31-18-11-8-12-19-31)29-34-39(60-50)28-36(52)43(51)41(34)42-35(46(56)58-7)30-54-45(44(42)53)59-37-25-26-38(37)62-63(49(4,5)6,32-20-13-9-14-21-32)33-22-15-10-16-23-33/h8-16,18-23,28,30,37-38,40H,17,24-27,29H2,1-7H3/t37-,38+,40-,50-/m0/s1. The van der Waals surface area contributed by atoms with Gasteiger partial charge in [0.1, 0.15) is 23.3 Å². The number of aromatic nitrogens is 1. The Kier molecular flexibility index (Phi) is 12.0. The van der Waals surface area contributed by atoms with Crippen molar-refractivity contribution >= 4 is 42.4 Å². The van der Waals surface area contributed by atoms with Gasteiger partial charge in [-0.2, -0.15) is 0 Å². The van der Waals surface area contributed by atoms with Crippen molar-refractivity contribution in [3.63, 3.8) is 0 Å². The monoisotopic (exact) mass is 894 g/mol. The topological polar surface area (TPSA) is 96.4 Å². The highest BCUT2D eigenvalue weighted by Gasteiger charge is 2.56. The van der Waals surface area contributed by atoms with Crippen molar-refractivity contribution in [2.45, 2.75) is 108 Å². The summed E-state index contributed by atoms with van der Waals surface area (Å²) in [6.45, 7) is 12.4. The molecule has 3 heterocycles. The number of carbonyl (C=O) groups is 2. The van der Waals surface area contributed by atoms with Crippen LogP contribution in [0.3, 0.4) is 0 Å². The van der Waals surface area contributed by atoms with Crippen LogP contribution in [-0.4, -0.2) is 67.8 Å². The lowest BCUT2D eigenvalue weighted by Crippen LogP contribution is -2.69. The van der Waals surface area contributed by atoms with Crippen LogP contribution in [0.2, 0.25) is 10.1 Å². The normalized spacial score (nSPS) is 21.0. The van der Waals surface area contributed by atoms with Crippen molar-refractivity contribution in [1.82, 2.24) is 9.88 Å². The van der Waals surface area contributed by atoms with E-state index in [1.54, 1.807) is 25.7 Å². The molecule has 0 N–H and O–H groups in total. The van der Waals surface area contributed by atoms with Crippen molar-refractivity contribution in [3.8, 4) is 22.8 Å². The summed E-state index contributed by atoms with van der Waals surface area (Å²) < 4.78 is 65.5. The summed E-state index contributed by atoms with van der Waals surface area (Å²) in [5.74, 6) is -3.12. The summed E-state index contributed by atoms with van der Waals surface area (Å²) >= 11 is 6.89. The molecule has 4 aromatic carbocycles. The zero-order valence-electron chi connectivity index (χ0n) is 36.7. The molecule has 2 aliphatic heterocycles. The van der Waals surface area contributed by atoms with Gasteiger partial charge in [0.15, 0.2) is 11.4 Å². The van der Waals surface area contributed by atoms with Gasteiger partial charge in [-0.05, 0) is 67.4 Å². The molecule has 5 aromatic rings. The molecule has 63 heavy (non-hydrogen) atoms. The van der Waals surface area contributed by atoms with E-state index < -0.39 is 72.4 Å². The number of likely N-dealkylation sites (tertiary alicyclic amines) is 1. The highest BCUT2D eigenvalue weighted by Crippen LogP contribution is 2.54. The average molecular weight is 896 g/mol. The van der Waals surface area contributed by atoms with E-state index in [2.05, 4.69) is 50.0 Å². The number of hydrogen-bond acceptors (Lipinski definition) is 8. The minimum absolute atomic E-state index is 0.0429. The van der Waals surface area contributed by atoms with E-state index in [9.17, 15) is 9.59 Å². The number of esters is 1. The third-order valence-corrected chi connectivity index (χ3v) is 17.9. The lowest BCUT2D eigenvalue weighted by atomic mass is 9.80. The summed E-state index contributed by atoms with van der Waals surface area (Å²) in [5, 5.41) is 1.45. The van der Waals surface area contributed by atoms with Crippen LogP contribution in [-0.2, 0) is 25.9 Å². The maximum absolute atomic E-state index is 17.6. The molecule has 1 saturated heterocycles. The molecule has 3 aliphatic rings. The summed E-state index contributed by atoms with van der Waals surface area (Å²) in [7, 11) is -1.84. The molecule has 0 bridgehead atoms. The van der Waals surface area contributed by atoms with E-state index in [1.807, 2.05) is 66.7 Å². The van der Waals surface area contributed by atoms with Crippen LogP contribution in [0.1, 0.15) is 88.7 Å². The number of fused-ring (bicyclic) bond motifs is 1. The quantitative estimate of drug-likeness (QED) is 0.101. The Morgan fingerprint density at radius 3 is 2.02 bits per heavy atom. The minimum atomic E-state index is -3.01. The number of amides is 1. The summed E-state index contributed by atoms with van der Waals surface area (Å²) in [5.41, 5.74) is -1.67. The smallest absolute Gasteiger partial charge is 0.410 e. The number of ether oxygens (including phenoxy) is 4. The molecule has 2 fully saturated rings. The van der Waals surface area contributed by atoms with Gasteiger partial charge < -0.3 is 28.3 Å². The third kappa shape index (κ3) is 7.99. The number of nitrogens with zero attached hydrogens (tertiary/aromatic N) is 2. The number of hydrogen-bond donors (Lipinski definition) is 0. The largest absolute Gasteiger partial charge is 0.480 e. The van der Waals surface area contributed by atoms with Crippen LogP contribution in [0, 0.1) is 11.6 Å². The van der Waals surface area contributed by atoms with Crippen LogP contribution >= 0.6 is 11.6 Å². The second kappa shape index (κ2) is 17.0. The van der Waals surface area contributed by atoms with Crippen molar-refractivity contribution in [3.05, 3.63) is 137 Å². The Balaban J connectivity index is 1.21. The molecule has 4 atom stereocenters. The summed E-state index contributed by atoms with van der Waals surface area (Å²) in [6, 6.07) is 30.4. The number of carbonyl (C=O) groups excluding carboxylic acids is 2. The van der Waals surface area contributed by atoms with Crippen molar-refractivity contribution in [2.24, 2.45) is 0 Å². The van der Waals surface area contributed by atoms with E-state index >= 15 is 8.78 Å². The molecule has 1 amide bonds. The molecule has 13 heteroatoms. The van der Waals surface area contributed by atoms with E-state index in [0.717, 1.165) is 10.4 Å². The number of pyridine rings is 1. The molecule has 0 spiro atoms. The van der Waals surface area contributed by atoms with Crippen molar-refractivity contribution in [1.29, 1.82) is 0 Å². The zero-order valence-corrected chi connectivity index (χ0v) is 38.4. The first-order chi connectivity index (χ1) is 30.0. The lowest BCUT2D eigenvalue weighted by molar-refractivity contribution is -0.0296. The molecular weight excluding hydrogens is 842 g/mol. The number of methoxy groups -OCH3 is 1. The van der Waals surface area contributed by atoms with Crippen LogP contribution in [0.4, 0.5) is 13.6 Å². The number of benzene rings is 4. The van der Waals surface area contributed by atoms with Gasteiger partial charge in [-0.1, -0.05) is 123 Å². The van der Waals surface area contributed by atoms with Gasteiger partial charge in [0.25, 0.3) is 14.2 Å². The van der Waals surface area contributed by atoms with E-state index in [-0.39, 0.29) is 33.9 Å². The van der Waals surface area contributed by atoms with Gasteiger partial charge in [-0.25, -0.2) is 23.4 Å². The van der Waals surface area contributed by atoms with Crippen LogP contribution in [0.25, 0.3) is 11.1 Å². The van der Waals surface area contributed by atoms with Gasteiger partial charge >= 0.3 is 12.1 Å². The molecule has 1 aliphatic carbocycles. The first kappa shape index (κ1) is 44.3. The van der Waals surface area contributed by atoms with Crippen LogP contribution in [0.15, 0.2) is 103 Å². The highest BCUT2D eigenvalue weighted by molar-refractivity contribution is 6.99. The predicted octanol–water partition coefficient (Wildman–Crippen LogP) is 10.2. The maximum Gasteiger partial charge on any atom is 0.410 e. The SMILES string of the molecule is COC(=O)c1cnc(O[C@H]2CC[C@H]2O[Si](c2ccccc2)(c2ccccc2)C(C)(C)C)c(F)c1-c1c(Cl)c(F)cc2c1C[C@](c1ccccc1)([C@@H]1CCCN1C(=O)OC(C)(C)C)O2. The van der Waals surface area contributed by atoms with Gasteiger partial charge in [0.2, 0.25) is 0 Å². The van der Waals surface area contributed by atoms with Gasteiger partial charge in [-0.3, -0.25) is 0 Å². The number of rotatable bonds is 10. The van der Waals surface area contributed by atoms with Gasteiger partial charge in [0, 0.05) is 41.9 Å². The molecule has 0 radical (unpaired) electrons. The Morgan fingerprint density at radius 1 is 0.857 bits per heavy atom. The van der Waals surface area contributed by atoms with Crippen LogP contribution < -0.4 is 19.8 Å². The molecular formula is C50H53ClF2N2O7Si. The fraction of sp³-hybridized carbons (Fsp3) is 0.380. The minimum Gasteiger partial charge on any atom is -0.480 e. The first-order valence-electron chi connectivity index (χ1n) is 21.5. The summed E-state index contributed by atoms with van der Waals surface area (Å²) in [6.07, 6.45) is 2.09. The van der Waals surface area contributed by atoms with E-state index in [4.69, 9.17) is 35.0 Å². The van der Waals surface area contributed by atoms with E-state index in [1.165, 1.54) is 19.4 Å². The van der Waals surface area contributed by atoms with E-state index in [0.29, 0.717) is 43.4 Å². The molecule has 9 nitrogen and oxygen atoms in total. The second-order valence-electron chi connectivity index (χ2n) is 18.6. The zero-order chi connectivity index (χ0) is 44.9. The molecule has 1 aromatic heterocycles. The summed E-state index contributed by atoms with van der Waals surface area (Å²) in [4.78, 5) is 33.2. The van der Waals surface area contributed by atoms with Crippen molar-refractivity contribution < 1.29 is 41.7 Å². The second-order valence-corrected chi connectivity index (χ2v) is 23.2. The van der Waals surface area contributed by atoms with Crippen molar-refractivity contribution in [2.75, 3.05) is 13.7 Å². The Hall–Kier alpha value is -5.30. The lowest BCUT2D eigenvalue weighted by Gasteiger charge is -2.49. The average Bonchev–Trinajstić information content (AvgIpc) is 3.90. The highest BCUT2D eigenvalue weighted by atomic mass is 35.5. The molecule has 330 valence electrons. The molecule has 8 rings (SSSR count). The fourth-order valence-corrected chi connectivity index (χ4v) is 14.5. The Bertz CT molecular complexity index is 2460. The molecule has 1 saturated carbocycles. The first-order valence-corrected chi connectivity index (χ1v) is 23.8. The maximum atomic E-state index is 17.6. The van der Waals surface area contributed by atoms with Crippen LogP contribution in [0.5, 0.6) is 11.6 Å². The third-order valence-electron chi connectivity index (χ3n) is 12.5. The molecule has 0 unspecified atom stereocenters. The Morgan fingerprint density at radius 2 is 1.46 bits per heavy atom. The van der Waals surface area contributed by atoms with Gasteiger partial charge in [-0.15, -0.1) is 0 Å². The van der Waals surface area contributed by atoms with Gasteiger partial charge in [0.05, 0.1) is 29.8 Å². The number of halogens is 3. The predicted molar refractivity (Wildman–Crippen MR) is 240 cm³/mol.